The Morgan fingerprint density at radius 3 is 2.71 bits per heavy atom. The number of rotatable bonds is 3. The van der Waals surface area contributed by atoms with E-state index in [1.807, 2.05) is 23.1 Å². The summed E-state index contributed by atoms with van der Waals surface area (Å²) in [4.78, 5) is 15.5. The lowest BCUT2D eigenvalue weighted by Gasteiger charge is -2.29. The second kappa shape index (κ2) is 6.31. The summed E-state index contributed by atoms with van der Waals surface area (Å²) in [6.07, 6.45) is 1.09. The molecule has 108 valence electrons. The standard InChI is InChI=1S/C17H16FNOS/c18-14-8-5-13(6-9-14)7-10-17(20)19-11-12-21-16-4-2-1-3-15(16)19/h1-6,8-9H,7,10-12H2. The molecule has 1 amide bonds. The number of fused-ring (bicyclic) bond motifs is 1. The van der Waals surface area contributed by atoms with Crippen LogP contribution in [0.25, 0.3) is 0 Å². The van der Waals surface area contributed by atoms with E-state index in [1.54, 1.807) is 23.9 Å². The molecular formula is C17H16FNOS. The van der Waals surface area contributed by atoms with Crippen LogP contribution in [-0.2, 0) is 11.2 Å². The fourth-order valence-corrected chi connectivity index (χ4v) is 3.46. The van der Waals surface area contributed by atoms with E-state index < -0.39 is 0 Å². The largest absolute Gasteiger partial charge is 0.310 e. The first-order chi connectivity index (χ1) is 10.2. The maximum atomic E-state index is 12.9. The fraction of sp³-hybridized carbons (Fsp3) is 0.235. The summed E-state index contributed by atoms with van der Waals surface area (Å²) in [5.41, 5.74) is 2.00. The first-order valence-electron chi connectivity index (χ1n) is 7.01. The predicted molar refractivity (Wildman–Crippen MR) is 84.2 cm³/mol. The number of halogens is 1. The van der Waals surface area contributed by atoms with Crippen molar-refractivity contribution >= 4 is 23.4 Å². The number of aryl methyl sites for hydroxylation is 1. The predicted octanol–water partition coefficient (Wildman–Crippen LogP) is 3.90. The van der Waals surface area contributed by atoms with Crippen molar-refractivity contribution in [2.45, 2.75) is 17.7 Å². The highest BCUT2D eigenvalue weighted by Crippen LogP contribution is 2.34. The molecule has 0 aliphatic carbocycles. The Labute approximate surface area is 128 Å². The zero-order chi connectivity index (χ0) is 14.7. The van der Waals surface area contributed by atoms with E-state index in [9.17, 15) is 9.18 Å². The van der Waals surface area contributed by atoms with E-state index in [0.29, 0.717) is 12.8 Å². The molecule has 1 aliphatic rings. The van der Waals surface area contributed by atoms with Gasteiger partial charge < -0.3 is 4.90 Å². The van der Waals surface area contributed by atoms with E-state index in [-0.39, 0.29) is 11.7 Å². The van der Waals surface area contributed by atoms with Crippen LogP contribution in [0.4, 0.5) is 10.1 Å². The van der Waals surface area contributed by atoms with Gasteiger partial charge in [-0.15, -0.1) is 11.8 Å². The average molecular weight is 301 g/mol. The molecule has 0 atom stereocenters. The van der Waals surface area contributed by atoms with Gasteiger partial charge in [-0.2, -0.15) is 0 Å². The van der Waals surface area contributed by atoms with Gasteiger partial charge in [-0.1, -0.05) is 24.3 Å². The molecule has 0 N–H and O–H groups in total. The molecule has 1 heterocycles. The van der Waals surface area contributed by atoms with Gasteiger partial charge >= 0.3 is 0 Å². The zero-order valence-electron chi connectivity index (χ0n) is 11.6. The van der Waals surface area contributed by atoms with Crippen molar-refractivity contribution in [1.82, 2.24) is 0 Å². The maximum absolute atomic E-state index is 12.9. The van der Waals surface area contributed by atoms with Gasteiger partial charge in [-0.25, -0.2) is 4.39 Å². The molecule has 2 nitrogen and oxygen atoms in total. The molecule has 1 aliphatic heterocycles. The van der Waals surface area contributed by atoms with Crippen molar-refractivity contribution in [2.75, 3.05) is 17.2 Å². The number of anilines is 1. The van der Waals surface area contributed by atoms with Gasteiger partial charge in [0.15, 0.2) is 0 Å². The molecular weight excluding hydrogens is 285 g/mol. The highest BCUT2D eigenvalue weighted by Gasteiger charge is 2.22. The quantitative estimate of drug-likeness (QED) is 0.857. The molecule has 3 rings (SSSR count). The number of hydrogen-bond acceptors (Lipinski definition) is 2. The van der Waals surface area contributed by atoms with E-state index in [4.69, 9.17) is 0 Å². The minimum atomic E-state index is -0.243. The van der Waals surface area contributed by atoms with Crippen LogP contribution >= 0.6 is 11.8 Å². The number of amides is 1. The molecule has 2 aromatic rings. The van der Waals surface area contributed by atoms with Crippen molar-refractivity contribution in [2.24, 2.45) is 0 Å². The second-order valence-electron chi connectivity index (χ2n) is 4.99. The SMILES string of the molecule is O=C(CCc1ccc(F)cc1)N1CCSc2ccccc21. The third-order valence-electron chi connectivity index (χ3n) is 3.57. The highest BCUT2D eigenvalue weighted by molar-refractivity contribution is 7.99. The summed E-state index contributed by atoms with van der Waals surface area (Å²) < 4.78 is 12.9. The summed E-state index contributed by atoms with van der Waals surface area (Å²) in [5.74, 6) is 0.818. The Kier molecular flexibility index (Phi) is 4.25. The van der Waals surface area contributed by atoms with Crippen molar-refractivity contribution in [3.05, 3.63) is 59.9 Å². The van der Waals surface area contributed by atoms with Crippen molar-refractivity contribution in [3.8, 4) is 0 Å². The number of nitrogens with zero attached hydrogens (tertiary/aromatic N) is 1. The van der Waals surface area contributed by atoms with Crippen LogP contribution in [0.1, 0.15) is 12.0 Å². The number of carbonyl (C=O) groups excluding carboxylic acids is 1. The molecule has 0 saturated carbocycles. The van der Waals surface area contributed by atoms with E-state index in [1.165, 1.54) is 17.0 Å². The summed E-state index contributed by atoms with van der Waals surface area (Å²) in [7, 11) is 0. The monoisotopic (exact) mass is 301 g/mol. The Morgan fingerprint density at radius 2 is 1.90 bits per heavy atom. The van der Waals surface area contributed by atoms with Gasteiger partial charge in [0.05, 0.1) is 5.69 Å². The zero-order valence-corrected chi connectivity index (χ0v) is 12.4. The van der Waals surface area contributed by atoms with E-state index in [2.05, 4.69) is 6.07 Å². The van der Waals surface area contributed by atoms with Gasteiger partial charge in [0.1, 0.15) is 5.82 Å². The molecule has 0 unspecified atom stereocenters. The molecule has 0 spiro atoms. The van der Waals surface area contributed by atoms with Crippen LogP contribution in [0.2, 0.25) is 0 Å². The summed E-state index contributed by atoms with van der Waals surface area (Å²) in [6, 6.07) is 14.4. The Morgan fingerprint density at radius 1 is 1.14 bits per heavy atom. The molecule has 0 radical (unpaired) electrons. The Hall–Kier alpha value is -1.81. The lowest BCUT2D eigenvalue weighted by atomic mass is 10.1. The lowest BCUT2D eigenvalue weighted by molar-refractivity contribution is -0.118. The van der Waals surface area contributed by atoms with E-state index in [0.717, 1.165) is 23.5 Å². The fourth-order valence-electron chi connectivity index (χ4n) is 2.47. The minimum absolute atomic E-state index is 0.132. The Bertz CT molecular complexity index is 641. The third-order valence-corrected chi connectivity index (χ3v) is 4.61. The summed E-state index contributed by atoms with van der Waals surface area (Å²) >= 11 is 1.79. The van der Waals surface area contributed by atoms with Gasteiger partial charge in [0.2, 0.25) is 5.91 Å². The molecule has 21 heavy (non-hydrogen) atoms. The Balaban J connectivity index is 1.68. The smallest absolute Gasteiger partial charge is 0.227 e. The minimum Gasteiger partial charge on any atom is -0.310 e. The van der Waals surface area contributed by atoms with Crippen molar-refractivity contribution in [3.63, 3.8) is 0 Å². The first-order valence-corrected chi connectivity index (χ1v) is 7.99. The molecule has 0 saturated heterocycles. The average Bonchev–Trinajstić information content (AvgIpc) is 2.53. The van der Waals surface area contributed by atoms with Crippen LogP contribution in [0.3, 0.4) is 0 Å². The highest BCUT2D eigenvalue weighted by atomic mass is 32.2. The van der Waals surface area contributed by atoms with Gasteiger partial charge in [-0.05, 0) is 36.2 Å². The van der Waals surface area contributed by atoms with Crippen LogP contribution in [-0.4, -0.2) is 18.2 Å². The topological polar surface area (TPSA) is 20.3 Å². The summed E-state index contributed by atoms with van der Waals surface area (Å²) in [6.45, 7) is 0.754. The number of para-hydroxylation sites is 1. The number of benzene rings is 2. The van der Waals surface area contributed by atoms with Gasteiger partial charge in [-0.3, -0.25) is 4.79 Å². The molecule has 0 fully saturated rings. The van der Waals surface area contributed by atoms with E-state index >= 15 is 0 Å². The van der Waals surface area contributed by atoms with Crippen LogP contribution in [0, 0.1) is 5.82 Å². The van der Waals surface area contributed by atoms with Gasteiger partial charge in [0, 0.05) is 23.6 Å². The molecule has 0 bridgehead atoms. The normalized spacial score (nSPS) is 13.9. The third kappa shape index (κ3) is 3.27. The van der Waals surface area contributed by atoms with Crippen molar-refractivity contribution < 1.29 is 9.18 Å². The molecule has 0 aromatic heterocycles. The van der Waals surface area contributed by atoms with Crippen molar-refractivity contribution in [1.29, 1.82) is 0 Å². The first kappa shape index (κ1) is 14.1. The molecule has 2 aromatic carbocycles. The number of carbonyl (C=O) groups is 1. The molecule has 4 heteroatoms. The van der Waals surface area contributed by atoms with Crippen LogP contribution in [0.15, 0.2) is 53.4 Å². The lowest BCUT2D eigenvalue weighted by Crippen LogP contribution is -2.35. The van der Waals surface area contributed by atoms with Crippen LogP contribution < -0.4 is 4.90 Å². The number of thioether (sulfide) groups is 1. The maximum Gasteiger partial charge on any atom is 0.227 e. The van der Waals surface area contributed by atoms with Crippen LogP contribution in [0.5, 0.6) is 0 Å². The van der Waals surface area contributed by atoms with Gasteiger partial charge in [0.25, 0.3) is 0 Å². The summed E-state index contributed by atoms with van der Waals surface area (Å²) in [5, 5.41) is 0. The number of hydrogen-bond donors (Lipinski definition) is 0. The second-order valence-corrected chi connectivity index (χ2v) is 6.12.